The van der Waals surface area contributed by atoms with Crippen LogP contribution in [0.3, 0.4) is 0 Å². The van der Waals surface area contributed by atoms with E-state index in [0.29, 0.717) is 0 Å². The smallest absolute Gasteiger partial charge is 0.550 e. The maximum Gasteiger partial charge on any atom is 1.00 e. The molecule has 1 heterocycles. The SMILES string of the molecule is O=C([O-])CC[C@H](NC(=O)c1cncc(O)c1)C(=O)[O-].[Na+].[Na+]. The van der Waals surface area contributed by atoms with Gasteiger partial charge in [0.15, 0.2) is 0 Å². The molecule has 0 radical (unpaired) electrons. The van der Waals surface area contributed by atoms with Crippen LogP contribution in [0.1, 0.15) is 23.2 Å². The first-order valence-corrected chi connectivity index (χ1v) is 5.25. The van der Waals surface area contributed by atoms with E-state index in [9.17, 15) is 24.6 Å². The molecule has 0 aliphatic rings. The summed E-state index contributed by atoms with van der Waals surface area (Å²) in [5.74, 6) is -4.11. The Labute approximate surface area is 164 Å². The molecule has 0 fully saturated rings. The van der Waals surface area contributed by atoms with Crippen molar-refractivity contribution in [1.82, 2.24) is 10.3 Å². The molecule has 102 valence electrons. The molecule has 0 saturated carbocycles. The van der Waals surface area contributed by atoms with Gasteiger partial charge in [-0.3, -0.25) is 9.78 Å². The topological polar surface area (TPSA) is 142 Å². The third-order valence-corrected chi connectivity index (χ3v) is 2.21. The number of aromatic nitrogens is 1. The van der Waals surface area contributed by atoms with E-state index in [4.69, 9.17) is 5.11 Å². The van der Waals surface area contributed by atoms with E-state index in [-0.39, 0.29) is 76.8 Å². The van der Waals surface area contributed by atoms with E-state index in [1.54, 1.807) is 0 Å². The zero-order valence-electron chi connectivity index (χ0n) is 11.7. The number of hydrogen-bond donors (Lipinski definition) is 2. The Morgan fingerprint density at radius 1 is 1.24 bits per heavy atom. The van der Waals surface area contributed by atoms with Crippen molar-refractivity contribution in [2.45, 2.75) is 18.9 Å². The Morgan fingerprint density at radius 2 is 1.86 bits per heavy atom. The van der Waals surface area contributed by atoms with Gasteiger partial charge in [-0.2, -0.15) is 0 Å². The summed E-state index contributed by atoms with van der Waals surface area (Å²) in [6, 6.07) is -0.374. The number of pyridine rings is 1. The number of hydrogen-bond acceptors (Lipinski definition) is 7. The molecular formula is C11H10N2Na2O6. The number of carboxylic acids is 2. The van der Waals surface area contributed by atoms with E-state index in [2.05, 4.69) is 10.3 Å². The molecule has 0 aliphatic carbocycles. The molecule has 0 aromatic carbocycles. The molecule has 0 bridgehead atoms. The van der Waals surface area contributed by atoms with Gasteiger partial charge >= 0.3 is 59.1 Å². The van der Waals surface area contributed by atoms with Crippen molar-refractivity contribution in [2.75, 3.05) is 0 Å². The molecule has 1 atom stereocenters. The van der Waals surface area contributed by atoms with E-state index >= 15 is 0 Å². The maximum atomic E-state index is 11.6. The van der Waals surface area contributed by atoms with Crippen molar-refractivity contribution in [3.63, 3.8) is 0 Å². The van der Waals surface area contributed by atoms with E-state index < -0.39 is 30.3 Å². The van der Waals surface area contributed by atoms with Crippen LogP contribution in [-0.2, 0) is 9.59 Å². The van der Waals surface area contributed by atoms with Crippen LogP contribution in [0.15, 0.2) is 18.5 Å². The van der Waals surface area contributed by atoms with Crippen LogP contribution in [0.4, 0.5) is 0 Å². The minimum Gasteiger partial charge on any atom is -0.550 e. The van der Waals surface area contributed by atoms with Crippen molar-refractivity contribution < 1.29 is 88.8 Å². The zero-order chi connectivity index (χ0) is 14.4. The first-order chi connectivity index (χ1) is 8.90. The van der Waals surface area contributed by atoms with Crippen LogP contribution in [0.5, 0.6) is 5.75 Å². The quantitative estimate of drug-likeness (QED) is 0.496. The molecule has 0 unspecified atom stereocenters. The fourth-order valence-corrected chi connectivity index (χ4v) is 1.30. The predicted octanol–water partition coefficient (Wildman–Crippen LogP) is -8.83. The number of carbonyl (C=O) groups is 3. The number of carbonyl (C=O) groups excluding carboxylic acids is 3. The second-order valence-corrected chi connectivity index (χ2v) is 3.69. The standard InChI is InChI=1S/C11H12N2O6.2Na/c14-7-3-6(4-12-5-7)10(17)13-8(11(18)19)1-2-9(15)16;;/h3-5,8,14H,1-2H2,(H,13,17)(H,15,16)(H,18,19);;/q;2*+1/p-2/t8-;;/m0../s1. The number of carboxylic acid groups (broad SMARTS) is 2. The van der Waals surface area contributed by atoms with Crippen LogP contribution >= 0.6 is 0 Å². The van der Waals surface area contributed by atoms with Crippen LogP contribution in [-0.4, -0.2) is 34.0 Å². The molecule has 8 nitrogen and oxygen atoms in total. The molecule has 1 rings (SSSR count). The summed E-state index contributed by atoms with van der Waals surface area (Å²) >= 11 is 0. The minimum absolute atomic E-state index is 0. The Morgan fingerprint density at radius 3 is 2.33 bits per heavy atom. The van der Waals surface area contributed by atoms with Crippen LogP contribution in [0.25, 0.3) is 0 Å². The Bertz CT molecular complexity index is 511. The van der Waals surface area contributed by atoms with Gasteiger partial charge in [-0.05, 0) is 18.9 Å². The van der Waals surface area contributed by atoms with Gasteiger partial charge in [0.25, 0.3) is 5.91 Å². The van der Waals surface area contributed by atoms with Crippen molar-refractivity contribution in [3.8, 4) is 5.75 Å². The number of nitrogens with zero attached hydrogens (tertiary/aromatic N) is 1. The van der Waals surface area contributed by atoms with Crippen LogP contribution in [0.2, 0.25) is 0 Å². The van der Waals surface area contributed by atoms with Gasteiger partial charge in [-0.15, -0.1) is 0 Å². The summed E-state index contributed by atoms with van der Waals surface area (Å²) in [6.45, 7) is 0. The fraction of sp³-hybridized carbons (Fsp3) is 0.273. The monoisotopic (exact) mass is 312 g/mol. The summed E-state index contributed by atoms with van der Waals surface area (Å²) in [6.07, 6.45) is 1.34. The van der Waals surface area contributed by atoms with Gasteiger partial charge in [-0.1, -0.05) is 0 Å². The summed E-state index contributed by atoms with van der Waals surface area (Å²) in [4.78, 5) is 36.2. The van der Waals surface area contributed by atoms with Gasteiger partial charge in [0, 0.05) is 12.2 Å². The first kappa shape index (κ1) is 22.6. The van der Waals surface area contributed by atoms with E-state index in [0.717, 1.165) is 18.5 Å². The molecule has 1 aromatic rings. The Kier molecular flexibility index (Phi) is 11.9. The first-order valence-electron chi connectivity index (χ1n) is 5.25. The summed E-state index contributed by atoms with van der Waals surface area (Å²) in [7, 11) is 0. The Hall–Kier alpha value is -0.640. The molecular weight excluding hydrogens is 302 g/mol. The molecule has 1 amide bonds. The normalized spacial score (nSPS) is 10.5. The zero-order valence-corrected chi connectivity index (χ0v) is 15.7. The van der Waals surface area contributed by atoms with Crippen molar-refractivity contribution in [2.24, 2.45) is 0 Å². The second kappa shape index (κ2) is 11.0. The van der Waals surface area contributed by atoms with Gasteiger partial charge in [0.1, 0.15) is 5.75 Å². The molecule has 0 saturated heterocycles. The summed E-state index contributed by atoms with van der Waals surface area (Å²) < 4.78 is 0. The van der Waals surface area contributed by atoms with Crippen molar-refractivity contribution in [1.29, 1.82) is 0 Å². The molecule has 0 aliphatic heterocycles. The van der Waals surface area contributed by atoms with Crippen LogP contribution in [0, 0.1) is 0 Å². The molecule has 21 heavy (non-hydrogen) atoms. The van der Waals surface area contributed by atoms with Crippen molar-refractivity contribution >= 4 is 17.8 Å². The number of nitrogens with one attached hydrogen (secondary N) is 1. The third kappa shape index (κ3) is 8.40. The second-order valence-electron chi connectivity index (χ2n) is 3.69. The maximum absolute atomic E-state index is 11.6. The molecule has 10 heteroatoms. The molecule has 2 N–H and O–H groups in total. The number of rotatable bonds is 6. The van der Waals surface area contributed by atoms with Gasteiger partial charge in [-0.25, -0.2) is 0 Å². The predicted molar refractivity (Wildman–Crippen MR) is 56.4 cm³/mol. The molecule has 0 spiro atoms. The minimum atomic E-state index is -1.61. The van der Waals surface area contributed by atoms with Gasteiger partial charge in [0.05, 0.1) is 23.8 Å². The average molecular weight is 312 g/mol. The van der Waals surface area contributed by atoms with E-state index in [1.165, 1.54) is 0 Å². The van der Waals surface area contributed by atoms with Crippen molar-refractivity contribution in [3.05, 3.63) is 24.0 Å². The van der Waals surface area contributed by atoms with Gasteiger partial charge in [0.2, 0.25) is 0 Å². The number of aliphatic carboxylic acids is 2. The molecule has 1 aromatic heterocycles. The number of aromatic hydroxyl groups is 1. The average Bonchev–Trinajstić information content (AvgIpc) is 2.33. The number of amides is 1. The summed E-state index contributed by atoms with van der Waals surface area (Å²) in [5, 5.41) is 32.2. The largest absolute Gasteiger partial charge is 1.00 e. The van der Waals surface area contributed by atoms with E-state index in [1.807, 2.05) is 0 Å². The van der Waals surface area contributed by atoms with Crippen LogP contribution < -0.4 is 74.6 Å². The van der Waals surface area contributed by atoms with Gasteiger partial charge < -0.3 is 30.2 Å². The third-order valence-electron chi connectivity index (χ3n) is 2.21. The fourth-order valence-electron chi connectivity index (χ4n) is 1.30. The Balaban J connectivity index is 0. The summed E-state index contributed by atoms with van der Waals surface area (Å²) in [5.41, 5.74) is -0.0558.